The van der Waals surface area contributed by atoms with E-state index in [4.69, 9.17) is 37.0 Å². The lowest BCUT2D eigenvalue weighted by molar-refractivity contribution is -0.161. The summed E-state index contributed by atoms with van der Waals surface area (Å²) in [5.41, 5.74) is 0. The Balaban J connectivity index is 5.19. The first kappa shape index (κ1) is 84.1. The predicted molar refractivity (Wildman–Crippen MR) is 344 cm³/mol. The van der Waals surface area contributed by atoms with E-state index in [-0.39, 0.29) is 25.7 Å². The van der Waals surface area contributed by atoms with Crippen molar-refractivity contribution in [3.05, 3.63) is 0 Å². The zero-order valence-electron chi connectivity index (χ0n) is 55.9. The maximum atomic E-state index is 13.0. The summed E-state index contributed by atoms with van der Waals surface area (Å²) in [4.78, 5) is 72.3. The Bertz CT molecular complexity index is 1720. The maximum Gasteiger partial charge on any atom is 0.472 e. The van der Waals surface area contributed by atoms with Crippen molar-refractivity contribution in [3.8, 4) is 0 Å². The Morgan fingerprint density at radius 2 is 0.558 bits per heavy atom. The molecule has 0 aliphatic rings. The van der Waals surface area contributed by atoms with Gasteiger partial charge in [0, 0.05) is 25.7 Å². The largest absolute Gasteiger partial charge is 0.472 e. The van der Waals surface area contributed by atoms with Crippen molar-refractivity contribution in [2.75, 3.05) is 39.6 Å². The first-order valence-corrected chi connectivity index (χ1v) is 37.7. The van der Waals surface area contributed by atoms with Crippen molar-refractivity contribution >= 4 is 39.5 Å². The monoisotopic (exact) mass is 1270 g/mol. The molecule has 0 aliphatic heterocycles. The van der Waals surface area contributed by atoms with Gasteiger partial charge in [-0.25, -0.2) is 9.13 Å². The fourth-order valence-corrected chi connectivity index (χ4v) is 11.5. The molecule has 6 atom stereocenters. The normalized spacial score (nSPS) is 14.7. The molecule has 0 bridgehead atoms. The lowest BCUT2D eigenvalue weighted by Crippen LogP contribution is -2.30. The number of unbranched alkanes of at least 4 members (excludes halogenated alkanes) is 29. The summed E-state index contributed by atoms with van der Waals surface area (Å²) < 4.78 is 68.0. The van der Waals surface area contributed by atoms with Crippen molar-refractivity contribution in [2.24, 2.45) is 23.7 Å². The number of ether oxygens (including phenoxy) is 4. The second-order valence-corrected chi connectivity index (χ2v) is 28.8. The Kier molecular flexibility index (Phi) is 55.7. The van der Waals surface area contributed by atoms with Gasteiger partial charge in [-0.2, -0.15) is 0 Å². The number of esters is 4. The van der Waals surface area contributed by atoms with Gasteiger partial charge in [0.25, 0.3) is 0 Å². The van der Waals surface area contributed by atoms with E-state index < -0.39 is 97.5 Å². The molecule has 0 saturated carbocycles. The number of phosphoric acid groups is 2. The molecule has 0 aromatic heterocycles. The van der Waals surface area contributed by atoms with Crippen LogP contribution in [0.5, 0.6) is 0 Å². The number of carbonyl (C=O) groups excluding carboxylic acids is 4. The van der Waals surface area contributed by atoms with Crippen LogP contribution in [0, 0.1) is 23.7 Å². The molecule has 0 fully saturated rings. The number of aliphatic hydroxyl groups excluding tert-OH is 1. The molecule has 3 unspecified atom stereocenters. The van der Waals surface area contributed by atoms with Crippen LogP contribution in [-0.4, -0.2) is 96.7 Å². The molecular weight excluding hydrogens is 1140 g/mol. The Labute approximate surface area is 524 Å². The van der Waals surface area contributed by atoms with Crippen LogP contribution in [-0.2, 0) is 65.4 Å². The van der Waals surface area contributed by atoms with Gasteiger partial charge in [0.05, 0.1) is 26.4 Å². The minimum absolute atomic E-state index is 0.102. The third-order valence-corrected chi connectivity index (χ3v) is 17.6. The van der Waals surface area contributed by atoms with Crippen LogP contribution in [0.1, 0.15) is 325 Å². The summed E-state index contributed by atoms with van der Waals surface area (Å²) >= 11 is 0. The van der Waals surface area contributed by atoms with Gasteiger partial charge in [-0.1, -0.05) is 274 Å². The molecule has 0 amide bonds. The summed E-state index contributed by atoms with van der Waals surface area (Å²) in [6, 6.07) is 0. The highest BCUT2D eigenvalue weighted by Gasteiger charge is 2.30. The lowest BCUT2D eigenvalue weighted by Gasteiger charge is -2.21. The van der Waals surface area contributed by atoms with Gasteiger partial charge < -0.3 is 33.8 Å². The van der Waals surface area contributed by atoms with Crippen LogP contribution in [0.2, 0.25) is 0 Å². The molecule has 0 rings (SSSR count). The summed E-state index contributed by atoms with van der Waals surface area (Å²) in [6.45, 7) is 13.9. The molecule has 0 radical (unpaired) electrons. The molecule has 0 aromatic rings. The van der Waals surface area contributed by atoms with Crippen molar-refractivity contribution < 1.29 is 80.2 Å². The zero-order valence-corrected chi connectivity index (χ0v) is 57.7. The molecule has 0 aromatic carbocycles. The van der Waals surface area contributed by atoms with Crippen molar-refractivity contribution in [1.29, 1.82) is 0 Å². The van der Waals surface area contributed by atoms with Gasteiger partial charge in [0.1, 0.15) is 19.3 Å². The minimum atomic E-state index is -4.95. The third-order valence-electron chi connectivity index (χ3n) is 15.7. The van der Waals surface area contributed by atoms with Crippen molar-refractivity contribution in [2.45, 2.75) is 343 Å². The zero-order chi connectivity index (χ0) is 63.9. The van der Waals surface area contributed by atoms with E-state index in [0.29, 0.717) is 43.4 Å². The van der Waals surface area contributed by atoms with E-state index in [9.17, 15) is 43.2 Å². The highest BCUT2D eigenvalue weighted by molar-refractivity contribution is 7.47. The number of rotatable bonds is 64. The van der Waals surface area contributed by atoms with Crippen LogP contribution in [0.3, 0.4) is 0 Å². The number of carbonyl (C=O) groups is 4. The second-order valence-electron chi connectivity index (χ2n) is 25.9. The summed E-state index contributed by atoms with van der Waals surface area (Å²) in [5.74, 6) is 0.761. The van der Waals surface area contributed by atoms with Crippen LogP contribution in [0.4, 0.5) is 0 Å². The average molecular weight is 1270 g/mol. The third kappa shape index (κ3) is 59.7. The second kappa shape index (κ2) is 57.0. The van der Waals surface area contributed by atoms with Gasteiger partial charge in [-0.15, -0.1) is 0 Å². The summed E-state index contributed by atoms with van der Waals surface area (Å²) in [7, 11) is -9.89. The Morgan fingerprint density at radius 1 is 0.326 bits per heavy atom. The quantitative estimate of drug-likeness (QED) is 0.0222. The molecule has 510 valence electrons. The molecule has 3 N–H and O–H groups in total. The highest BCUT2D eigenvalue weighted by atomic mass is 31.2. The minimum Gasteiger partial charge on any atom is -0.462 e. The Hall–Kier alpha value is -1.94. The SMILES string of the molecule is CCC(C)CCCCCCCCCCCCCCCCC(=O)O[C@H](COC(=O)CCCCCCCCC(C)C)COP(=O)(O)OC[C@@H](O)COP(=O)(O)OC[C@@H](COC(=O)CCCCCCCCC(C)C)OC(=O)CCCCCCCCCC(C)C. The topological polar surface area (TPSA) is 237 Å². The average Bonchev–Trinajstić information content (AvgIpc) is 3.59. The molecule has 0 aliphatic carbocycles. The fourth-order valence-electron chi connectivity index (χ4n) is 9.93. The highest BCUT2D eigenvalue weighted by Crippen LogP contribution is 2.45. The summed E-state index contributed by atoms with van der Waals surface area (Å²) in [6.07, 6.45) is 38.0. The number of phosphoric ester groups is 2. The van der Waals surface area contributed by atoms with E-state index in [1.54, 1.807) is 0 Å². The van der Waals surface area contributed by atoms with Crippen LogP contribution < -0.4 is 0 Å². The van der Waals surface area contributed by atoms with Gasteiger partial charge in [-0.3, -0.25) is 37.3 Å². The molecule has 0 spiro atoms. The molecule has 0 heterocycles. The molecule has 0 saturated heterocycles. The standard InChI is InChI=1S/C67H130O17P2/c1-9-60(8)46-38-30-20-16-14-12-10-11-13-15-17-21-33-41-49-66(71)83-62(53-77-64(69)47-39-31-25-23-28-36-44-58(4)5)55-81-85(73,74)79-51-61(68)52-80-86(75,76)82-56-63(54-78-65(70)48-40-32-26-24-29-37-45-59(6)7)84-67(72)50-42-34-22-18-19-27-35-43-57(2)3/h57-63,68H,9-56H2,1-8H3,(H,73,74)(H,75,76)/t60?,61-,62-,63-/m1/s1. The predicted octanol–water partition coefficient (Wildman–Crippen LogP) is 18.5. The fraction of sp³-hybridized carbons (Fsp3) is 0.940. The number of hydrogen-bond acceptors (Lipinski definition) is 15. The smallest absolute Gasteiger partial charge is 0.462 e. The van der Waals surface area contributed by atoms with E-state index in [1.165, 1.54) is 116 Å². The molecule has 19 heteroatoms. The first-order valence-electron chi connectivity index (χ1n) is 34.7. The van der Waals surface area contributed by atoms with Crippen LogP contribution in [0.15, 0.2) is 0 Å². The van der Waals surface area contributed by atoms with E-state index in [0.717, 1.165) is 109 Å². The van der Waals surface area contributed by atoms with Crippen LogP contribution in [0.25, 0.3) is 0 Å². The summed E-state index contributed by atoms with van der Waals surface area (Å²) in [5, 5.41) is 10.5. The van der Waals surface area contributed by atoms with Crippen molar-refractivity contribution in [3.63, 3.8) is 0 Å². The molecule has 86 heavy (non-hydrogen) atoms. The van der Waals surface area contributed by atoms with Crippen molar-refractivity contribution in [1.82, 2.24) is 0 Å². The first-order chi connectivity index (χ1) is 41.1. The van der Waals surface area contributed by atoms with Gasteiger partial charge in [-0.05, 0) is 49.4 Å². The molecule has 17 nitrogen and oxygen atoms in total. The van der Waals surface area contributed by atoms with Crippen LogP contribution >= 0.6 is 15.6 Å². The van der Waals surface area contributed by atoms with Gasteiger partial charge >= 0.3 is 39.5 Å². The van der Waals surface area contributed by atoms with E-state index in [1.807, 2.05) is 0 Å². The van der Waals surface area contributed by atoms with E-state index >= 15 is 0 Å². The van der Waals surface area contributed by atoms with Gasteiger partial charge in [0.2, 0.25) is 0 Å². The molecular formula is C67H130O17P2. The van der Waals surface area contributed by atoms with E-state index in [2.05, 4.69) is 55.4 Å². The van der Waals surface area contributed by atoms with Gasteiger partial charge in [0.15, 0.2) is 12.2 Å². The lowest BCUT2D eigenvalue weighted by atomic mass is 9.99. The number of aliphatic hydroxyl groups is 1. The Morgan fingerprint density at radius 3 is 0.826 bits per heavy atom. The maximum absolute atomic E-state index is 13.0. The number of hydrogen-bond donors (Lipinski definition) is 3.